The molecule has 8 heteroatoms. The van der Waals surface area contributed by atoms with Crippen LogP contribution in [0.3, 0.4) is 0 Å². The number of halogens is 2. The first-order valence-electron chi connectivity index (χ1n) is 6.93. The zero-order chi connectivity index (χ0) is 17.1. The monoisotopic (exact) mass is 323 g/mol. The van der Waals surface area contributed by atoms with Crippen LogP contribution in [0.15, 0.2) is 35.4 Å². The van der Waals surface area contributed by atoms with Gasteiger partial charge in [0.05, 0.1) is 12.4 Å². The molecule has 0 N–H and O–H groups in total. The normalized spacial score (nSPS) is 11.2. The second-order valence-corrected chi connectivity index (χ2v) is 5.35. The third-order valence-electron chi connectivity index (χ3n) is 3.07. The molecule has 6 nitrogen and oxygen atoms in total. The summed E-state index contributed by atoms with van der Waals surface area (Å²) >= 11 is 0. The molecule has 0 aromatic carbocycles. The van der Waals surface area contributed by atoms with Crippen molar-refractivity contribution in [2.75, 3.05) is 0 Å². The second kappa shape index (κ2) is 6.64. The molecule has 0 aliphatic rings. The number of Topliss-reactive ketones (excluding diaryl/α,β-unsaturated/α-hetero) is 1. The highest BCUT2D eigenvalue weighted by atomic mass is 19.3. The Morgan fingerprint density at radius 3 is 2.43 bits per heavy atom. The van der Waals surface area contributed by atoms with Gasteiger partial charge < -0.3 is 5.11 Å². The van der Waals surface area contributed by atoms with Gasteiger partial charge in [0.25, 0.3) is 0 Å². The Hall–Kier alpha value is -2.64. The smallest absolute Gasteiger partial charge is 0.456 e. The Balaban J connectivity index is 2.77. The summed E-state index contributed by atoms with van der Waals surface area (Å²) in [5.74, 6) is -3.17. The average molecular weight is 323 g/mol. The fraction of sp³-hybridized carbons (Fsp3) is 0.333. The third-order valence-corrected chi connectivity index (χ3v) is 3.07. The number of carbonyl (C=O) groups excluding carboxylic acids is 1. The minimum Gasteiger partial charge on any atom is -0.859 e. The van der Waals surface area contributed by atoms with Crippen molar-refractivity contribution in [1.29, 1.82) is 0 Å². The molecule has 2 aromatic heterocycles. The fourth-order valence-electron chi connectivity index (χ4n) is 2.10. The van der Waals surface area contributed by atoms with Gasteiger partial charge >= 0.3 is 17.9 Å². The summed E-state index contributed by atoms with van der Waals surface area (Å²) in [6, 6.07) is 4.77. The van der Waals surface area contributed by atoms with Gasteiger partial charge in [-0.25, -0.2) is 18.1 Å². The molecule has 0 aliphatic heterocycles. The molecule has 0 fully saturated rings. The van der Waals surface area contributed by atoms with Crippen LogP contribution in [0.2, 0.25) is 0 Å². The van der Waals surface area contributed by atoms with E-state index in [0.29, 0.717) is 4.57 Å². The van der Waals surface area contributed by atoms with Crippen molar-refractivity contribution in [3.05, 3.63) is 46.6 Å². The highest BCUT2D eigenvalue weighted by molar-refractivity contribution is 6.02. The number of ketones is 1. The van der Waals surface area contributed by atoms with Gasteiger partial charge in [-0.15, -0.1) is 0 Å². The number of alkyl halides is 2. The molecule has 0 amide bonds. The first kappa shape index (κ1) is 16.7. The minimum absolute atomic E-state index is 0.00603. The van der Waals surface area contributed by atoms with Crippen molar-refractivity contribution in [1.82, 2.24) is 9.55 Å². The SMILES string of the molecule is CC(C)Cn1c([O-])c(C(=O)C(F)F)c(-[n+]2ccccc2)nc1=O. The van der Waals surface area contributed by atoms with Gasteiger partial charge in [-0.05, 0) is 23.9 Å². The van der Waals surface area contributed by atoms with Crippen molar-refractivity contribution < 1.29 is 23.2 Å². The Morgan fingerprint density at radius 2 is 1.91 bits per heavy atom. The van der Waals surface area contributed by atoms with Crippen LogP contribution >= 0.6 is 0 Å². The van der Waals surface area contributed by atoms with Gasteiger partial charge in [0.15, 0.2) is 0 Å². The molecule has 2 aromatic rings. The van der Waals surface area contributed by atoms with Crippen LogP contribution in [0, 0.1) is 5.92 Å². The van der Waals surface area contributed by atoms with Crippen LogP contribution in [0.4, 0.5) is 8.78 Å². The summed E-state index contributed by atoms with van der Waals surface area (Å²) in [4.78, 5) is 27.5. The molecule has 0 spiro atoms. The Kier molecular flexibility index (Phi) is 4.83. The van der Waals surface area contributed by atoms with Gasteiger partial charge in [-0.2, -0.15) is 0 Å². The van der Waals surface area contributed by atoms with Gasteiger partial charge in [0.2, 0.25) is 5.78 Å². The topological polar surface area (TPSA) is 78.9 Å². The lowest BCUT2D eigenvalue weighted by atomic mass is 10.1. The van der Waals surface area contributed by atoms with Crippen molar-refractivity contribution >= 4 is 5.78 Å². The molecule has 23 heavy (non-hydrogen) atoms. The van der Waals surface area contributed by atoms with E-state index in [0.717, 1.165) is 0 Å². The van der Waals surface area contributed by atoms with E-state index in [4.69, 9.17) is 0 Å². The molecule has 0 aliphatic carbocycles. The molecule has 2 heterocycles. The van der Waals surface area contributed by atoms with Crippen LogP contribution in [0.1, 0.15) is 24.2 Å². The lowest BCUT2D eigenvalue weighted by molar-refractivity contribution is -0.600. The van der Waals surface area contributed by atoms with E-state index >= 15 is 0 Å². The Morgan fingerprint density at radius 1 is 1.30 bits per heavy atom. The van der Waals surface area contributed by atoms with Crippen LogP contribution in [0.5, 0.6) is 5.88 Å². The van der Waals surface area contributed by atoms with Crippen LogP contribution in [-0.2, 0) is 6.54 Å². The maximum absolute atomic E-state index is 12.9. The molecule has 0 saturated heterocycles. The molecule has 0 bridgehead atoms. The van der Waals surface area contributed by atoms with Crippen LogP contribution in [0.25, 0.3) is 5.82 Å². The van der Waals surface area contributed by atoms with E-state index in [1.54, 1.807) is 32.0 Å². The summed E-state index contributed by atoms with van der Waals surface area (Å²) in [6.45, 7) is 3.49. The summed E-state index contributed by atoms with van der Waals surface area (Å²) in [7, 11) is 0. The highest BCUT2D eigenvalue weighted by Gasteiger charge is 2.31. The number of carbonyl (C=O) groups is 1. The molecule has 0 unspecified atom stereocenters. The van der Waals surface area contributed by atoms with Gasteiger partial charge in [-0.1, -0.05) is 19.9 Å². The Labute approximate surface area is 130 Å². The summed E-state index contributed by atoms with van der Waals surface area (Å²) in [6.07, 6.45) is -0.537. The molecular weight excluding hydrogens is 308 g/mol. The number of hydrogen-bond acceptors (Lipinski definition) is 4. The predicted molar refractivity (Wildman–Crippen MR) is 74.6 cm³/mol. The number of nitrogens with zero attached hydrogens (tertiary/aromatic N) is 3. The summed E-state index contributed by atoms with van der Waals surface area (Å²) < 4.78 is 27.7. The largest absolute Gasteiger partial charge is 0.859 e. The number of aromatic nitrogens is 3. The predicted octanol–water partition coefficient (Wildman–Crippen LogP) is 0.697. The zero-order valence-electron chi connectivity index (χ0n) is 12.6. The molecule has 0 radical (unpaired) electrons. The van der Waals surface area contributed by atoms with E-state index in [1.165, 1.54) is 17.0 Å². The maximum Gasteiger partial charge on any atom is 0.456 e. The number of hydrogen-bond donors (Lipinski definition) is 0. The minimum atomic E-state index is -3.36. The highest BCUT2D eigenvalue weighted by Crippen LogP contribution is 2.20. The molecular formula is C15H15F2N3O3. The van der Waals surface area contributed by atoms with Crippen LogP contribution < -0.4 is 15.4 Å². The van der Waals surface area contributed by atoms with Crippen molar-refractivity contribution in [2.45, 2.75) is 26.8 Å². The third kappa shape index (κ3) is 3.41. The first-order chi connectivity index (χ1) is 10.8. The van der Waals surface area contributed by atoms with Crippen molar-refractivity contribution in [2.24, 2.45) is 5.92 Å². The molecule has 0 saturated carbocycles. The molecule has 0 atom stereocenters. The molecule has 2 rings (SSSR count). The summed E-state index contributed by atoms with van der Waals surface area (Å²) in [5.41, 5.74) is -1.66. The van der Waals surface area contributed by atoms with E-state index in [9.17, 15) is 23.5 Å². The second-order valence-electron chi connectivity index (χ2n) is 5.35. The van der Waals surface area contributed by atoms with E-state index in [-0.39, 0.29) is 18.3 Å². The van der Waals surface area contributed by atoms with E-state index in [2.05, 4.69) is 4.98 Å². The average Bonchev–Trinajstić information content (AvgIpc) is 2.51. The standard InChI is InChI=1S/C15H15F2N3O3/c1-9(2)8-20-14(22)10(11(21)12(16)17)13(18-15(20)23)19-6-4-3-5-7-19/h3-7,9,12H,8H2,1-2H3. The zero-order valence-corrected chi connectivity index (χ0v) is 12.6. The van der Waals surface area contributed by atoms with Crippen LogP contribution in [-0.4, -0.2) is 21.8 Å². The van der Waals surface area contributed by atoms with Gasteiger partial charge in [-0.3, -0.25) is 9.36 Å². The van der Waals surface area contributed by atoms with Crippen molar-refractivity contribution in [3.63, 3.8) is 0 Å². The lowest BCUT2D eigenvalue weighted by Crippen LogP contribution is -2.40. The number of rotatable bonds is 5. The maximum atomic E-state index is 12.9. The quantitative estimate of drug-likeness (QED) is 0.599. The van der Waals surface area contributed by atoms with Gasteiger partial charge in [0.1, 0.15) is 5.56 Å². The Bertz CT molecular complexity index is 774. The van der Waals surface area contributed by atoms with E-state index in [1.807, 2.05) is 0 Å². The van der Waals surface area contributed by atoms with Gasteiger partial charge in [0, 0.05) is 11.5 Å². The number of pyridine rings is 1. The lowest BCUT2D eigenvalue weighted by Gasteiger charge is -2.19. The first-order valence-corrected chi connectivity index (χ1v) is 6.93. The van der Waals surface area contributed by atoms with Crippen molar-refractivity contribution in [3.8, 4) is 11.7 Å². The molecule has 122 valence electrons. The fourth-order valence-corrected chi connectivity index (χ4v) is 2.10. The van der Waals surface area contributed by atoms with E-state index < -0.39 is 29.3 Å². The summed E-state index contributed by atoms with van der Waals surface area (Å²) in [5, 5.41) is 12.4.